The molecule has 68 heavy (non-hydrogen) atoms. The third-order valence-corrected chi connectivity index (χ3v) is 10.8. The smallest absolute Gasteiger partial charge is 0.243 e. The molecule has 1 aromatic carbocycles. The van der Waals surface area contributed by atoms with E-state index in [2.05, 4.69) is 61.8 Å². The van der Waals surface area contributed by atoms with E-state index >= 15 is 0 Å². The number of aromatic nitrogens is 5. The molecule has 4 aromatic rings. The summed E-state index contributed by atoms with van der Waals surface area (Å²) in [6.45, 7) is 6.25. The zero-order valence-electron chi connectivity index (χ0n) is 38.3. The van der Waals surface area contributed by atoms with Gasteiger partial charge in [-0.25, -0.2) is 9.97 Å². The van der Waals surface area contributed by atoms with E-state index in [0.717, 1.165) is 10.9 Å². The first-order valence-electron chi connectivity index (χ1n) is 22.0. The minimum atomic E-state index is -1.49. The minimum absolute atomic E-state index is 0.0547. The van der Waals surface area contributed by atoms with Crippen molar-refractivity contribution < 1.29 is 43.8 Å². The Balaban J connectivity index is 1.63. The van der Waals surface area contributed by atoms with Crippen LogP contribution in [0.15, 0.2) is 60.5 Å². The summed E-state index contributed by atoms with van der Waals surface area (Å²) in [5.41, 5.74) is 24.6. The van der Waals surface area contributed by atoms with E-state index in [1.54, 1.807) is 26.1 Å². The number of primary amides is 1. The summed E-state index contributed by atoms with van der Waals surface area (Å²) >= 11 is 0. The Labute approximate surface area is 391 Å². The van der Waals surface area contributed by atoms with Crippen LogP contribution >= 0.6 is 0 Å². The quantitative estimate of drug-likeness (QED) is 0.0155. The number of H-pyrrole nitrogens is 3. The Hall–Kier alpha value is -7.38. The Morgan fingerprint density at radius 2 is 1.15 bits per heavy atom. The molecule has 370 valence electrons. The maximum absolute atomic E-state index is 14.4. The average Bonchev–Trinajstić information content (AvgIpc) is 4.08. The van der Waals surface area contributed by atoms with E-state index in [0.29, 0.717) is 17.0 Å². The second-order valence-electron chi connectivity index (χ2n) is 16.9. The number of nitrogens with one attached hydrogen (secondary N) is 9. The first-order chi connectivity index (χ1) is 32.2. The molecule has 0 radical (unpaired) electrons. The van der Waals surface area contributed by atoms with Gasteiger partial charge in [0.05, 0.1) is 24.9 Å². The Morgan fingerprint density at radius 3 is 1.66 bits per heavy atom. The number of rotatable bonds is 27. The first-order valence-corrected chi connectivity index (χ1v) is 22.0. The third-order valence-electron chi connectivity index (χ3n) is 10.8. The second kappa shape index (κ2) is 25.5. The molecule has 19 N–H and O–H groups in total. The zero-order chi connectivity index (χ0) is 50.1. The number of aliphatic imine (C=N–C) groups is 1. The summed E-state index contributed by atoms with van der Waals surface area (Å²) in [6.07, 6.45) is 4.44. The van der Waals surface area contributed by atoms with E-state index in [-0.39, 0.29) is 56.9 Å². The highest BCUT2D eigenvalue weighted by molar-refractivity contribution is 5.98. The van der Waals surface area contributed by atoms with Gasteiger partial charge in [-0.3, -0.25) is 38.6 Å². The number of nitrogens with two attached hydrogens (primary N) is 4. The molecule has 0 spiro atoms. The van der Waals surface area contributed by atoms with Crippen molar-refractivity contribution in [3.8, 4) is 0 Å². The van der Waals surface area contributed by atoms with Crippen LogP contribution in [-0.2, 0) is 52.8 Å². The molecular weight excluding hydrogens is 885 g/mol. The van der Waals surface area contributed by atoms with Crippen LogP contribution < -0.4 is 54.8 Å². The van der Waals surface area contributed by atoms with Crippen LogP contribution in [0.1, 0.15) is 63.9 Å². The Bertz CT molecular complexity index is 2330. The Morgan fingerprint density at radius 1 is 0.647 bits per heavy atom. The van der Waals surface area contributed by atoms with Gasteiger partial charge in [0.25, 0.3) is 0 Å². The fourth-order valence-electron chi connectivity index (χ4n) is 7.12. The summed E-state index contributed by atoms with van der Waals surface area (Å²) in [6, 6.07) is -2.33. The van der Waals surface area contributed by atoms with Crippen LogP contribution in [0.4, 0.5) is 0 Å². The number of imidazole rings is 2. The number of nitrogens with zero attached hydrogens (tertiary/aromatic N) is 3. The number of para-hydroxylation sites is 1. The van der Waals surface area contributed by atoms with E-state index in [1.165, 1.54) is 38.9 Å². The normalized spacial score (nSPS) is 15.3. The molecule has 25 heteroatoms. The third kappa shape index (κ3) is 16.2. The second-order valence-corrected chi connectivity index (χ2v) is 16.9. The maximum Gasteiger partial charge on any atom is 0.243 e. The number of hydrogen-bond acceptors (Lipinski definition) is 13. The summed E-state index contributed by atoms with van der Waals surface area (Å²) in [4.78, 5) is 117. The number of benzene rings is 1. The molecule has 3 aromatic heterocycles. The summed E-state index contributed by atoms with van der Waals surface area (Å²) in [5, 5.41) is 36.7. The van der Waals surface area contributed by atoms with Crippen LogP contribution in [0.3, 0.4) is 0 Å². The van der Waals surface area contributed by atoms with Gasteiger partial charge in [0.1, 0.15) is 42.3 Å². The van der Waals surface area contributed by atoms with Gasteiger partial charge < -0.3 is 80.0 Å². The number of carbonyl (C=O) groups excluding carboxylic acids is 7. The number of carbonyl (C=O) groups is 7. The number of aliphatic hydroxyl groups excluding tert-OH is 2. The van der Waals surface area contributed by atoms with E-state index in [9.17, 15) is 43.8 Å². The summed E-state index contributed by atoms with van der Waals surface area (Å²) in [7, 11) is 0. The zero-order valence-corrected chi connectivity index (χ0v) is 38.3. The van der Waals surface area contributed by atoms with Gasteiger partial charge >= 0.3 is 0 Å². The molecule has 0 aliphatic heterocycles. The average molecular weight is 949 g/mol. The topological polar surface area (TPSA) is 422 Å². The Kier molecular flexibility index (Phi) is 20.0. The molecule has 3 heterocycles. The van der Waals surface area contributed by atoms with Crippen molar-refractivity contribution in [2.24, 2.45) is 33.8 Å². The standard InChI is InChI=1S/C43H64N16O9/c1-21(2)12-30(38(64)56-31(41(67)59-35(23(4)61)36(45)62)13-24-16-51-28-9-6-5-8-27(24)28)55-37(63)29(10-7-11-50-43(46)47)54-39(65)32(14-25-17-48-19-52-25)57-40(66)33(15-26-18-49-20-53-26)58-42(68)34(44)22(3)60/h5-6,8-9,16-23,29-35,51,60-61H,7,10-15,44H2,1-4H3,(H2,45,62)(H,48,52)(H,49,53)(H,54,65)(H,55,63)(H,56,64)(H,57,66)(H,58,68)(H,59,67)(H4,46,47,50)/t22-,23-,29+,30+,31+,32+,33+,34+,35+/m1/s1. The van der Waals surface area contributed by atoms with Gasteiger partial charge in [0.2, 0.25) is 41.4 Å². The molecule has 7 amide bonds. The molecular formula is C43H64N16O9. The number of amides is 7. The monoisotopic (exact) mass is 949 g/mol. The molecule has 0 saturated heterocycles. The van der Waals surface area contributed by atoms with Crippen molar-refractivity contribution in [3.05, 3.63) is 72.5 Å². The van der Waals surface area contributed by atoms with Crippen molar-refractivity contribution in [2.75, 3.05) is 6.54 Å². The van der Waals surface area contributed by atoms with Gasteiger partial charge in [0, 0.05) is 66.7 Å². The van der Waals surface area contributed by atoms with E-state index < -0.39 is 95.9 Å². The molecule has 0 bridgehead atoms. The first kappa shape index (κ1) is 53.2. The summed E-state index contributed by atoms with van der Waals surface area (Å²) in [5.74, 6) is -6.36. The maximum atomic E-state index is 14.4. The lowest BCUT2D eigenvalue weighted by molar-refractivity contribution is -0.136. The van der Waals surface area contributed by atoms with Crippen LogP contribution in [0.5, 0.6) is 0 Å². The van der Waals surface area contributed by atoms with E-state index in [4.69, 9.17) is 22.9 Å². The van der Waals surface area contributed by atoms with Gasteiger partial charge in [0.15, 0.2) is 5.96 Å². The van der Waals surface area contributed by atoms with Gasteiger partial charge in [-0.1, -0.05) is 32.0 Å². The van der Waals surface area contributed by atoms with Crippen LogP contribution in [0, 0.1) is 5.92 Å². The van der Waals surface area contributed by atoms with Crippen molar-refractivity contribution in [1.82, 2.24) is 56.8 Å². The lowest BCUT2D eigenvalue weighted by Crippen LogP contribution is -2.61. The molecule has 0 aliphatic carbocycles. The number of hydrogen-bond donors (Lipinski definition) is 15. The van der Waals surface area contributed by atoms with Gasteiger partial charge in [-0.15, -0.1) is 0 Å². The predicted molar refractivity (Wildman–Crippen MR) is 248 cm³/mol. The fraction of sp³-hybridized carbons (Fsp3) is 0.488. The SMILES string of the molecule is CC(C)C[C@H](NC(=O)[C@H](CCCN=C(N)N)NC(=O)[C@H](Cc1cnc[nH]1)NC(=O)[C@H](Cc1cnc[nH]1)NC(=O)[C@@H](N)[C@@H](C)O)C(=O)N[C@@H](Cc1c[nH]c2ccccc12)C(=O)N[C@H](C(N)=O)[C@@H](C)O. The molecule has 0 aliphatic rings. The highest BCUT2D eigenvalue weighted by Crippen LogP contribution is 2.20. The molecule has 0 saturated carbocycles. The lowest BCUT2D eigenvalue weighted by Gasteiger charge is -2.28. The van der Waals surface area contributed by atoms with Crippen molar-refractivity contribution in [3.63, 3.8) is 0 Å². The van der Waals surface area contributed by atoms with Crippen molar-refractivity contribution >= 4 is 58.2 Å². The minimum Gasteiger partial charge on any atom is -0.391 e. The largest absolute Gasteiger partial charge is 0.391 e. The molecule has 25 nitrogen and oxygen atoms in total. The van der Waals surface area contributed by atoms with Crippen LogP contribution in [0.25, 0.3) is 10.9 Å². The van der Waals surface area contributed by atoms with Crippen molar-refractivity contribution in [2.45, 2.75) is 121 Å². The molecule has 9 atom stereocenters. The highest BCUT2D eigenvalue weighted by atomic mass is 16.3. The number of aliphatic hydroxyl groups is 2. The number of guanidine groups is 1. The van der Waals surface area contributed by atoms with Crippen LogP contribution in [-0.4, -0.2) is 143 Å². The number of fused-ring (bicyclic) bond motifs is 1. The van der Waals surface area contributed by atoms with Gasteiger partial charge in [-0.2, -0.15) is 0 Å². The number of aromatic amines is 3. The van der Waals surface area contributed by atoms with E-state index in [1.807, 2.05) is 18.2 Å². The molecule has 4 rings (SSSR count). The molecule has 0 fully saturated rings. The lowest BCUT2D eigenvalue weighted by atomic mass is 9.99. The molecule has 0 unspecified atom stereocenters. The van der Waals surface area contributed by atoms with Crippen molar-refractivity contribution in [1.29, 1.82) is 0 Å². The predicted octanol–water partition coefficient (Wildman–Crippen LogP) is -3.78. The summed E-state index contributed by atoms with van der Waals surface area (Å²) < 4.78 is 0. The van der Waals surface area contributed by atoms with Crippen LogP contribution in [0.2, 0.25) is 0 Å². The fourth-order valence-corrected chi connectivity index (χ4v) is 7.12. The highest BCUT2D eigenvalue weighted by Gasteiger charge is 2.35. The van der Waals surface area contributed by atoms with Gasteiger partial charge in [-0.05, 0) is 50.7 Å².